The Morgan fingerprint density at radius 1 is 1.35 bits per heavy atom. The zero-order chi connectivity index (χ0) is 14.1. The number of aryl methyl sites for hydroxylation is 1. The lowest BCUT2D eigenvalue weighted by atomic mass is 10.1. The number of rotatable bonds is 2. The first-order valence-electron chi connectivity index (χ1n) is 6.05. The number of carbonyl (C=O) groups is 1. The van der Waals surface area contributed by atoms with Crippen LogP contribution in [-0.4, -0.2) is 10.9 Å². The summed E-state index contributed by atoms with van der Waals surface area (Å²) in [7, 11) is 0. The van der Waals surface area contributed by atoms with Crippen LogP contribution in [0.5, 0.6) is 0 Å². The number of amides is 1. The number of para-hydroxylation sites is 1. The van der Waals surface area contributed by atoms with Gasteiger partial charge in [0.05, 0.1) is 11.3 Å². The molecular weight excluding hydrogens is 276 g/mol. The van der Waals surface area contributed by atoms with Gasteiger partial charge in [-0.15, -0.1) is 0 Å². The van der Waals surface area contributed by atoms with Gasteiger partial charge in [-0.2, -0.15) is 0 Å². The first kappa shape index (κ1) is 12.7. The molecule has 1 amide bonds. The predicted molar refractivity (Wildman–Crippen MR) is 78.2 cm³/mol. The largest absolute Gasteiger partial charge is 0.463 e. The fraction of sp³-hybridized carbons (Fsp3) is 0.0667. The van der Waals surface area contributed by atoms with Crippen LogP contribution in [0.2, 0.25) is 5.15 Å². The first-order valence-corrected chi connectivity index (χ1v) is 6.42. The van der Waals surface area contributed by atoms with Gasteiger partial charge >= 0.3 is 0 Å². The molecule has 5 heteroatoms. The maximum atomic E-state index is 12.3. The summed E-state index contributed by atoms with van der Waals surface area (Å²) in [4.78, 5) is 16.3. The Kier molecular flexibility index (Phi) is 3.16. The van der Waals surface area contributed by atoms with Crippen LogP contribution >= 0.6 is 11.6 Å². The van der Waals surface area contributed by atoms with E-state index in [0.29, 0.717) is 16.8 Å². The maximum Gasteiger partial charge on any atom is 0.259 e. The smallest absolute Gasteiger partial charge is 0.259 e. The molecule has 0 radical (unpaired) electrons. The van der Waals surface area contributed by atoms with Crippen molar-refractivity contribution < 1.29 is 9.21 Å². The molecule has 3 aromatic rings. The lowest BCUT2D eigenvalue weighted by molar-refractivity contribution is 0.102. The number of hydrogen-bond donors (Lipinski definition) is 1. The molecule has 2 aromatic heterocycles. The molecule has 0 saturated heterocycles. The van der Waals surface area contributed by atoms with Crippen molar-refractivity contribution >= 4 is 34.2 Å². The maximum absolute atomic E-state index is 12.3. The molecule has 1 N–H and O–H groups in total. The average molecular weight is 287 g/mol. The Morgan fingerprint density at radius 2 is 2.15 bits per heavy atom. The second-order valence-electron chi connectivity index (χ2n) is 4.45. The number of nitrogens with zero attached hydrogens (tertiary/aromatic N) is 1. The Morgan fingerprint density at radius 3 is 3.00 bits per heavy atom. The molecule has 0 spiro atoms. The zero-order valence-electron chi connectivity index (χ0n) is 10.7. The topological polar surface area (TPSA) is 55.1 Å². The van der Waals surface area contributed by atoms with Crippen LogP contribution in [0, 0.1) is 6.92 Å². The van der Waals surface area contributed by atoms with Gasteiger partial charge in [0.2, 0.25) is 0 Å². The summed E-state index contributed by atoms with van der Waals surface area (Å²) < 4.78 is 5.35. The minimum atomic E-state index is -0.274. The molecule has 0 aliphatic rings. The van der Waals surface area contributed by atoms with Crippen LogP contribution < -0.4 is 5.32 Å². The lowest BCUT2D eigenvalue weighted by Crippen LogP contribution is -2.12. The van der Waals surface area contributed by atoms with Gasteiger partial charge in [0, 0.05) is 11.6 Å². The normalized spacial score (nSPS) is 10.7. The van der Waals surface area contributed by atoms with Gasteiger partial charge in [-0.3, -0.25) is 4.79 Å². The molecular formula is C15H11ClN2O2. The molecule has 0 aliphatic carbocycles. The standard InChI is InChI=1S/C15H11ClN2O2/c1-9-6-12(14(16)17-7-9)18-15(19)11-8-20-13-5-3-2-4-10(11)13/h2-8H,1H3,(H,18,19). The monoisotopic (exact) mass is 286 g/mol. The van der Waals surface area contributed by atoms with Crippen LogP contribution in [0.1, 0.15) is 15.9 Å². The summed E-state index contributed by atoms with van der Waals surface area (Å²) in [6.45, 7) is 1.88. The molecule has 4 nitrogen and oxygen atoms in total. The van der Waals surface area contributed by atoms with E-state index in [4.69, 9.17) is 16.0 Å². The van der Waals surface area contributed by atoms with Gasteiger partial charge in [-0.05, 0) is 24.6 Å². The van der Waals surface area contributed by atoms with E-state index in [1.807, 2.05) is 31.2 Å². The number of carbonyl (C=O) groups excluding carboxylic acids is 1. The van der Waals surface area contributed by atoms with Crippen LogP contribution in [0.15, 0.2) is 47.2 Å². The van der Waals surface area contributed by atoms with E-state index in [1.54, 1.807) is 12.3 Å². The summed E-state index contributed by atoms with van der Waals surface area (Å²) in [5, 5.41) is 3.78. The van der Waals surface area contributed by atoms with Crippen molar-refractivity contribution in [3.8, 4) is 0 Å². The highest BCUT2D eigenvalue weighted by Crippen LogP contribution is 2.24. The van der Waals surface area contributed by atoms with Crippen molar-refractivity contribution in [2.24, 2.45) is 0 Å². The Bertz CT molecular complexity index is 795. The van der Waals surface area contributed by atoms with Crippen molar-refractivity contribution in [3.05, 3.63) is 59.1 Å². The second-order valence-corrected chi connectivity index (χ2v) is 4.81. The van der Waals surface area contributed by atoms with Crippen molar-refractivity contribution in [1.29, 1.82) is 0 Å². The molecule has 0 aliphatic heterocycles. The molecule has 3 rings (SSSR count). The first-order chi connectivity index (χ1) is 9.65. The van der Waals surface area contributed by atoms with Crippen LogP contribution in [0.3, 0.4) is 0 Å². The van der Waals surface area contributed by atoms with E-state index in [-0.39, 0.29) is 11.1 Å². The predicted octanol–water partition coefficient (Wildman–Crippen LogP) is 4.04. The number of anilines is 1. The van der Waals surface area contributed by atoms with E-state index in [9.17, 15) is 4.79 Å². The van der Waals surface area contributed by atoms with Crippen molar-refractivity contribution in [1.82, 2.24) is 4.98 Å². The molecule has 100 valence electrons. The quantitative estimate of drug-likeness (QED) is 0.723. The Hall–Kier alpha value is -2.33. The van der Waals surface area contributed by atoms with Crippen molar-refractivity contribution in [2.75, 3.05) is 5.32 Å². The SMILES string of the molecule is Cc1cnc(Cl)c(NC(=O)c2coc3ccccc23)c1. The molecule has 0 unspecified atom stereocenters. The van der Waals surface area contributed by atoms with Gasteiger partial charge in [0.1, 0.15) is 11.8 Å². The van der Waals surface area contributed by atoms with Crippen LogP contribution in [-0.2, 0) is 0 Å². The van der Waals surface area contributed by atoms with Gasteiger partial charge in [0.25, 0.3) is 5.91 Å². The third kappa shape index (κ3) is 2.26. The Labute approximate surface area is 120 Å². The summed E-state index contributed by atoms with van der Waals surface area (Å²) in [6.07, 6.45) is 3.09. The van der Waals surface area contributed by atoms with E-state index >= 15 is 0 Å². The van der Waals surface area contributed by atoms with E-state index in [1.165, 1.54) is 6.26 Å². The summed E-state index contributed by atoms with van der Waals surface area (Å²) in [6, 6.07) is 9.14. The minimum Gasteiger partial charge on any atom is -0.463 e. The molecule has 1 aromatic carbocycles. The molecule has 2 heterocycles. The second kappa shape index (κ2) is 4.98. The highest BCUT2D eigenvalue weighted by molar-refractivity contribution is 6.32. The Balaban J connectivity index is 1.95. The zero-order valence-corrected chi connectivity index (χ0v) is 11.4. The van der Waals surface area contributed by atoms with Crippen LogP contribution in [0.25, 0.3) is 11.0 Å². The molecule has 0 atom stereocenters. The molecule has 0 bridgehead atoms. The third-order valence-corrected chi connectivity index (χ3v) is 3.25. The summed E-state index contributed by atoms with van der Waals surface area (Å²) in [5.41, 5.74) is 2.55. The fourth-order valence-electron chi connectivity index (χ4n) is 1.98. The van der Waals surface area contributed by atoms with Gasteiger partial charge in [-0.25, -0.2) is 4.98 Å². The number of aromatic nitrogens is 1. The number of fused-ring (bicyclic) bond motifs is 1. The third-order valence-electron chi connectivity index (χ3n) is 2.95. The summed E-state index contributed by atoms with van der Waals surface area (Å²) in [5.74, 6) is -0.274. The number of pyridine rings is 1. The average Bonchev–Trinajstić information content (AvgIpc) is 2.87. The minimum absolute atomic E-state index is 0.261. The number of furan rings is 1. The van der Waals surface area contributed by atoms with Gasteiger partial charge < -0.3 is 9.73 Å². The van der Waals surface area contributed by atoms with Crippen molar-refractivity contribution in [2.45, 2.75) is 6.92 Å². The number of benzene rings is 1. The fourth-order valence-corrected chi connectivity index (χ4v) is 2.13. The van der Waals surface area contributed by atoms with E-state index in [2.05, 4.69) is 10.3 Å². The van der Waals surface area contributed by atoms with E-state index < -0.39 is 0 Å². The highest BCUT2D eigenvalue weighted by Gasteiger charge is 2.15. The number of halogens is 1. The summed E-state index contributed by atoms with van der Waals surface area (Å²) >= 11 is 5.97. The van der Waals surface area contributed by atoms with Crippen molar-refractivity contribution in [3.63, 3.8) is 0 Å². The highest BCUT2D eigenvalue weighted by atomic mass is 35.5. The molecule has 0 saturated carbocycles. The number of nitrogens with one attached hydrogen (secondary N) is 1. The van der Waals surface area contributed by atoms with E-state index in [0.717, 1.165) is 10.9 Å². The van der Waals surface area contributed by atoms with Gasteiger partial charge in [-0.1, -0.05) is 29.8 Å². The molecule has 0 fully saturated rings. The van der Waals surface area contributed by atoms with Crippen LogP contribution in [0.4, 0.5) is 5.69 Å². The molecule has 20 heavy (non-hydrogen) atoms. The number of hydrogen-bond acceptors (Lipinski definition) is 3. The lowest BCUT2D eigenvalue weighted by Gasteiger charge is -2.06. The van der Waals surface area contributed by atoms with Gasteiger partial charge in [0.15, 0.2) is 5.15 Å².